The lowest BCUT2D eigenvalue weighted by Gasteiger charge is -2.57. The van der Waals surface area contributed by atoms with Crippen LogP contribution in [0.2, 0.25) is 0 Å². The van der Waals surface area contributed by atoms with Crippen LogP contribution in [0.1, 0.15) is 63.0 Å². The summed E-state index contributed by atoms with van der Waals surface area (Å²) in [5.74, 6) is 1.62. The van der Waals surface area contributed by atoms with Crippen LogP contribution in [0.4, 0.5) is 0 Å². The van der Waals surface area contributed by atoms with Gasteiger partial charge in [-0.25, -0.2) is 0 Å². The zero-order chi connectivity index (χ0) is 26.5. The van der Waals surface area contributed by atoms with Gasteiger partial charge in [-0.1, -0.05) is 55.8 Å². The van der Waals surface area contributed by atoms with E-state index in [0.29, 0.717) is 18.4 Å². The van der Waals surface area contributed by atoms with Gasteiger partial charge in [0.25, 0.3) is 0 Å². The average Bonchev–Trinajstić information content (AvgIpc) is 2.92. The highest BCUT2D eigenvalue weighted by Gasteiger charge is 2.54. The van der Waals surface area contributed by atoms with Crippen molar-refractivity contribution >= 4 is 5.91 Å². The fourth-order valence-corrected chi connectivity index (χ4v) is 7.25. The summed E-state index contributed by atoms with van der Waals surface area (Å²) in [4.78, 5) is 18.3. The largest absolute Gasteiger partial charge is 0.497 e. The van der Waals surface area contributed by atoms with E-state index in [4.69, 9.17) is 9.47 Å². The number of amides is 1. The monoisotopic (exact) mass is 506 g/mol. The minimum absolute atomic E-state index is 0.0399. The van der Waals surface area contributed by atoms with Crippen molar-refractivity contribution in [1.82, 2.24) is 9.80 Å². The molecule has 1 heterocycles. The summed E-state index contributed by atoms with van der Waals surface area (Å²) in [7, 11) is 7.93. The van der Waals surface area contributed by atoms with Crippen LogP contribution in [0.15, 0.2) is 54.6 Å². The van der Waals surface area contributed by atoms with Gasteiger partial charge in [0.1, 0.15) is 5.75 Å². The van der Waals surface area contributed by atoms with E-state index in [0.717, 1.165) is 69.4 Å². The summed E-state index contributed by atoms with van der Waals surface area (Å²) in [5, 5.41) is 0. The summed E-state index contributed by atoms with van der Waals surface area (Å²) in [6.45, 7) is 4.51. The van der Waals surface area contributed by atoms with Crippen molar-refractivity contribution in [2.75, 3.05) is 41.5 Å². The Morgan fingerprint density at radius 1 is 0.946 bits per heavy atom. The van der Waals surface area contributed by atoms with E-state index in [1.165, 1.54) is 5.56 Å². The second-order valence-electron chi connectivity index (χ2n) is 11.6. The quantitative estimate of drug-likeness (QED) is 0.364. The third kappa shape index (κ3) is 5.73. The molecule has 2 unspecified atom stereocenters. The molecule has 2 aromatic carbocycles. The number of unbranched alkanes of at least 4 members (excludes halogenated alkanes) is 1. The minimum atomic E-state index is 0.0399. The maximum atomic E-state index is 13.7. The summed E-state index contributed by atoms with van der Waals surface area (Å²) >= 11 is 0. The zero-order valence-corrected chi connectivity index (χ0v) is 23.5. The Kier molecular flexibility index (Phi) is 8.97. The molecule has 0 bridgehead atoms. The first-order valence-corrected chi connectivity index (χ1v) is 14.0. The molecule has 1 amide bonds. The van der Waals surface area contributed by atoms with E-state index >= 15 is 0 Å². The van der Waals surface area contributed by atoms with Gasteiger partial charge in [-0.3, -0.25) is 9.69 Å². The lowest BCUT2D eigenvalue weighted by atomic mass is 9.55. The standard InChI is InChI=1S/C32H46N2O3/c1-25-29(13-9-10-22-36-4)31(24-34(30(25)35)23-26-14-16-28(37-5)17-15-26)18-20-32(21-19-31,33(2)3)27-11-7-6-8-12-27/h6-8,11-12,14-17,25,29H,9-10,13,18-24H2,1-5H3/t25?,29?,31-,32+. The molecule has 0 radical (unpaired) electrons. The first-order chi connectivity index (χ1) is 17.8. The van der Waals surface area contributed by atoms with Crippen LogP contribution in [-0.2, 0) is 21.6 Å². The average molecular weight is 507 g/mol. The summed E-state index contributed by atoms with van der Waals surface area (Å²) in [6.07, 6.45) is 7.81. The van der Waals surface area contributed by atoms with Crippen molar-refractivity contribution in [3.05, 3.63) is 65.7 Å². The van der Waals surface area contributed by atoms with Crippen molar-refractivity contribution in [2.24, 2.45) is 17.3 Å². The fraction of sp³-hybridized carbons (Fsp3) is 0.594. The van der Waals surface area contributed by atoms with E-state index < -0.39 is 0 Å². The van der Waals surface area contributed by atoms with Crippen molar-refractivity contribution in [3.63, 3.8) is 0 Å². The third-order valence-corrected chi connectivity index (χ3v) is 9.48. The van der Waals surface area contributed by atoms with E-state index in [9.17, 15) is 4.79 Å². The molecule has 1 saturated heterocycles. The number of carbonyl (C=O) groups excluding carboxylic acids is 1. The molecule has 1 spiro atoms. The number of methoxy groups -OCH3 is 2. The molecule has 2 aromatic rings. The first-order valence-electron chi connectivity index (χ1n) is 14.0. The normalized spacial score (nSPS) is 28.2. The molecule has 2 aliphatic rings. The molecular weight excluding hydrogens is 460 g/mol. The van der Waals surface area contributed by atoms with Crippen molar-refractivity contribution in [3.8, 4) is 5.75 Å². The van der Waals surface area contributed by atoms with E-state index in [2.05, 4.69) is 73.3 Å². The van der Waals surface area contributed by atoms with Crippen LogP contribution in [-0.4, -0.2) is 57.2 Å². The van der Waals surface area contributed by atoms with E-state index in [1.54, 1.807) is 14.2 Å². The van der Waals surface area contributed by atoms with Crippen molar-refractivity contribution in [1.29, 1.82) is 0 Å². The molecular formula is C32H46N2O3. The molecule has 5 nitrogen and oxygen atoms in total. The highest BCUT2D eigenvalue weighted by atomic mass is 16.5. The smallest absolute Gasteiger partial charge is 0.226 e. The predicted molar refractivity (Wildman–Crippen MR) is 149 cm³/mol. The molecule has 0 aromatic heterocycles. The number of carbonyl (C=O) groups is 1. The number of nitrogens with zero attached hydrogens (tertiary/aromatic N) is 2. The van der Waals surface area contributed by atoms with Crippen LogP contribution >= 0.6 is 0 Å². The third-order valence-electron chi connectivity index (χ3n) is 9.48. The molecule has 4 rings (SSSR count). The topological polar surface area (TPSA) is 42.0 Å². The summed E-state index contributed by atoms with van der Waals surface area (Å²) < 4.78 is 10.7. The molecule has 2 atom stereocenters. The van der Waals surface area contributed by atoms with Crippen LogP contribution in [0, 0.1) is 17.3 Å². The summed E-state index contributed by atoms with van der Waals surface area (Å²) in [5.41, 5.74) is 2.79. The van der Waals surface area contributed by atoms with Crippen LogP contribution < -0.4 is 4.74 Å². The van der Waals surface area contributed by atoms with Gasteiger partial charge in [-0.15, -0.1) is 0 Å². The Morgan fingerprint density at radius 3 is 2.22 bits per heavy atom. The van der Waals surface area contributed by atoms with Gasteiger partial charge in [0.2, 0.25) is 5.91 Å². The Hall–Kier alpha value is -2.37. The highest BCUT2D eigenvalue weighted by molar-refractivity contribution is 5.80. The lowest BCUT2D eigenvalue weighted by molar-refractivity contribution is -0.155. The van der Waals surface area contributed by atoms with Gasteiger partial charge in [0.05, 0.1) is 7.11 Å². The maximum Gasteiger partial charge on any atom is 0.226 e. The van der Waals surface area contributed by atoms with Gasteiger partial charge < -0.3 is 14.4 Å². The number of hydrogen-bond donors (Lipinski definition) is 0. The number of rotatable bonds is 10. The van der Waals surface area contributed by atoms with Gasteiger partial charge in [0.15, 0.2) is 0 Å². The van der Waals surface area contributed by atoms with Gasteiger partial charge in [0, 0.05) is 38.3 Å². The predicted octanol–water partition coefficient (Wildman–Crippen LogP) is 6.12. The molecule has 1 aliphatic carbocycles. The molecule has 202 valence electrons. The Balaban J connectivity index is 1.59. The molecule has 1 saturated carbocycles. The van der Waals surface area contributed by atoms with Gasteiger partial charge >= 0.3 is 0 Å². The molecule has 1 aliphatic heterocycles. The van der Waals surface area contributed by atoms with E-state index in [1.807, 2.05) is 12.1 Å². The number of piperidine rings is 1. The van der Waals surface area contributed by atoms with Crippen molar-refractivity contribution < 1.29 is 14.3 Å². The SMILES string of the molecule is COCCCCC1C(C)C(=O)N(Cc2ccc(OC)cc2)C[C@]12CC[C@](c1ccccc1)(N(C)C)CC2. The first kappa shape index (κ1) is 27.7. The van der Waals surface area contributed by atoms with Crippen LogP contribution in [0.25, 0.3) is 0 Å². The Bertz CT molecular complexity index is 996. The minimum Gasteiger partial charge on any atom is -0.497 e. The van der Waals surface area contributed by atoms with Crippen LogP contribution in [0.5, 0.6) is 5.75 Å². The lowest BCUT2D eigenvalue weighted by Crippen LogP contribution is -2.59. The number of benzene rings is 2. The molecule has 5 heteroatoms. The number of ether oxygens (including phenoxy) is 2. The number of likely N-dealkylation sites (tertiary alicyclic amines) is 1. The second-order valence-corrected chi connectivity index (χ2v) is 11.6. The van der Waals surface area contributed by atoms with E-state index in [-0.39, 0.29) is 16.9 Å². The molecule has 0 N–H and O–H groups in total. The van der Waals surface area contributed by atoms with Gasteiger partial charge in [-0.05, 0) is 87.2 Å². The Morgan fingerprint density at radius 2 is 1.62 bits per heavy atom. The number of hydrogen-bond acceptors (Lipinski definition) is 4. The van der Waals surface area contributed by atoms with Crippen LogP contribution in [0.3, 0.4) is 0 Å². The van der Waals surface area contributed by atoms with Gasteiger partial charge in [-0.2, -0.15) is 0 Å². The molecule has 37 heavy (non-hydrogen) atoms. The Labute approximate surface area is 224 Å². The highest BCUT2D eigenvalue weighted by Crippen LogP contribution is 2.56. The molecule has 2 fully saturated rings. The van der Waals surface area contributed by atoms with Crippen molar-refractivity contribution in [2.45, 2.75) is 64.0 Å². The zero-order valence-electron chi connectivity index (χ0n) is 23.5. The summed E-state index contributed by atoms with van der Waals surface area (Å²) in [6, 6.07) is 19.2. The maximum absolute atomic E-state index is 13.7. The second kappa shape index (κ2) is 12.0. The fourth-order valence-electron chi connectivity index (χ4n) is 7.25.